The van der Waals surface area contributed by atoms with Crippen molar-refractivity contribution in [2.24, 2.45) is 5.84 Å². The molecule has 2 aromatic rings. The number of nitrogens with one attached hydrogen (secondary N) is 2. The van der Waals surface area contributed by atoms with Crippen LogP contribution in [0.3, 0.4) is 0 Å². The predicted molar refractivity (Wildman–Crippen MR) is 64.5 cm³/mol. The molecule has 0 atom stereocenters. The van der Waals surface area contributed by atoms with Crippen molar-refractivity contribution in [1.82, 2.24) is 9.97 Å². The van der Waals surface area contributed by atoms with Gasteiger partial charge in [-0.1, -0.05) is 23.7 Å². The fourth-order valence-electron chi connectivity index (χ4n) is 1.21. The van der Waals surface area contributed by atoms with E-state index in [1.54, 1.807) is 18.2 Å². The first-order valence-electron chi connectivity index (χ1n) is 4.71. The van der Waals surface area contributed by atoms with E-state index < -0.39 is 5.82 Å². The van der Waals surface area contributed by atoms with Gasteiger partial charge in [-0.25, -0.2) is 15.2 Å². The fraction of sp³-hybridized carbons (Fsp3) is 0. The van der Waals surface area contributed by atoms with Crippen LogP contribution in [-0.4, -0.2) is 9.97 Å². The fourth-order valence-corrected chi connectivity index (χ4v) is 1.35. The molecule has 0 spiro atoms. The van der Waals surface area contributed by atoms with Crippen molar-refractivity contribution in [1.29, 1.82) is 0 Å². The Morgan fingerprint density at radius 3 is 2.76 bits per heavy atom. The highest BCUT2D eigenvalue weighted by molar-refractivity contribution is 6.32. The number of hydrogen-bond donors (Lipinski definition) is 3. The minimum Gasteiger partial charge on any atom is -0.336 e. The summed E-state index contributed by atoms with van der Waals surface area (Å²) in [5.41, 5.74) is 2.55. The van der Waals surface area contributed by atoms with Gasteiger partial charge in [0.2, 0.25) is 5.95 Å². The third-order valence-electron chi connectivity index (χ3n) is 2.00. The lowest BCUT2D eigenvalue weighted by atomic mass is 10.3. The Hall–Kier alpha value is -1.92. The molecule has 0 radical (unpaired) electrons. The molecular formula is C10H9ClFN5. The summed E-state index contributed by atoms with van der Waals surface area (Å²) in [6.07, 6.45) is 1.37. The monoisotopic (exact) mass is 253 g/mol. The van der Waals surface area contributed by atoms with Gasteiger partial charge in [-0.2, -0.15) is 4.98 Å². The summed E-state index contributed by atoms with van der Waals surface area (Å²) in [7, 11) is 0. The number of nitrogen functional groups attached to an aromatic ring is 1. The first kappa shape index (κ1) is 11.6. The van der Waals surface area contributed by atoms with Crippen LogP contribution in [0.1, 0.15) is 0 Å². The number of para-hydroxylation sites is 1. The van der Waals surface area contributed by atoms with Crippen LogP contribution in [0.2, 0.25) is 5.02 Å². The smallest absolute Gasteiger partial charge is 0.239 e. The Kier molecular flexibility index (Phi) is 3.36. The second-order valence-corrected chi connectivity index (χ2v) is 3.55. The van der Waals surface area contributed by atoms with Gasteiger partial charge in [0.25, 0.3) is 0 Å². The zero-order valence-electron chi connectivity index (χ0n) is 8.61. The molecule has 88 valence electrons. The highest BCUT2D eigenvalue weighted by Gasteiger charge is 2.07. The Bertz CT molecular complexity index is 534. The second kappa shape index (κ2) is 4.94. The molecule has 7 heteroatoms. The molecule has 0 saturated heterocycles. The Morgan fingerprint density at radius 2 is 2.06 bits per heavy atom. The summed E-state index contributed by atoms with van der Waals surface area (Å²) in [5, 5.41) is 3.03. The number of halogens is 2. The maximum absolute atomic E-state index is 13.4. The van der Waals surface area contributed by atoms with Crippen molar-refractivity contribution in [3.63, 3.8) is 0 Å². The largest absolute Gasteiger partial charge is 0.336 e. The molecule has 0 aliphatic rings. The van der Waals surface area contributed by atoms with Crippen LogP contribution in [0.25, 0.3) is 0 Å². The van der Waals surface area contributed by atoms with Crippen molar-refractivity contribution >= 4 is 29.1 Å². The van der Waals surface area contributed by atoms with Crippen LogP contribution >= 0.6 is 11.6 Å². The number of hydrazine groups is 1. The third kappa shape index (κ3) is 2.61. The Balaban J connectivity index is 2.32. The van der Waals surface area contributed by atoms with Crippen LogP contribution in [0, 0.1) is 5.82 Å². The van der Waals surface area contributed by atoms with Gasteiger partial charge in [0, 0.05) is 0 Å². The van der Waals surface area contributed by atoms with E-state index >= 15 is 0 Å². The van der Waals surface area contributed by atoms with Crippen LogP contribution < -0.4 is 16.6 Å². The summed E-state index contributed by atoms with van der Waals surface area (Å²) in [6.45, 7) is 0. The van der Waals surface area contributed by atoms with Gasteiger partial charge >= 0.3 is 0 Å². The Morgan fingerprint density at radius 1 is 1.29 bits per heavy atom. The molecule has 17 heavy (non-hydrogen) atoms. The number of rotatable bonds is 3. The number of nitrogens with zero attached hydrogens (tertiary/aromatic N) is 2. The molecule has 0 aliphatic carbocycles. The summed E-state index contributed by atoms with van der Waals surface area (Å²) >= 11 is 5.88. The first-order chi connectivity index (χ1) is 8.20. The predicted octanol–water partition coefficient (Wildman–Crippen LogP) is 2.30. The van der Waals surface area contributed by atoms with Gasteiger partial charge < -0.3 is 5.32 Å². The van der Waals surface area contributed by atoms with E-state index in [9.17, 15) is 4.39 Å². The van der Waals surface area contributed by atoms with Crippen molar-refractivity contribution < 1.29 is 4.39 Å². The molecule has 1 heterocycles. The SMILES string of the molecule is NNc1ncc(Cl)c(Nc2ccccc2F)n1. The first-order valence-corrected chi connectivity index (χ1v) is 5.09. The lowest BCUT2D eigenvalue weighted by Crippen LogP contribution is -2.11. The van der Waals surface area contributed by atoms with Gasteiger partial charge in [0.05, 0.1) is 11.9 Å². The van der Waals surface area contributed by atoms with Crippen LogP contribution in [0.15, 0.2) is 30.5 Å². The number of benzene rings is 1. The molecule has 0 aliphatic heterocycles. The molecule has 5 nitrogen and oxygen atoms in total. The van der Waals surface area contributed by atoms with E-state index in [1.807, 2.05) is 0 Å². The maximum Gasteiger partial charge on any atom is 0.239 e. The maximum atomic E-state index is 13.4. The highest BCUT2D eigenvalue weighted by Crippen LogP contribution is 2.24. The van der Waals surface area contributed by atoms with Crippen molar-refractivity contribution in [3.05, 3.63) is 41.3 Å². The van der Waals surface area contributed by atoms with Crippen LogP contribution in [-0.2, 0) is 0 Å². The summed E-state index contributed by atoms with van der Waals surface area (Å²) in [6, 6.07) is 6.19. The second-order valence-electron chi connectivity index (χ2n) is 3.14. The van der Waals surface area contributed by atoms with Gasteiger partial charge in [-0.05, 0) is 12.1 Å². The number of anilines is 3. The van der Waals surface area contributed by atoms with E-state index in [-0.39, 0.29) is 22.5 Å². The average molecular weight is 254 g/mol. The molecule has 0 bridgehead atoms. The zero-order valence-corrected chi connectivity index (χ0v) is 9.37. The normalized spacial score (nSPS) is 10.1. The molecular weight excluding hydrogens is 245 g/mol. The molecule has 0 unspecified atom stereocenters. The average Bonchev–Trinajstić information content (AvgIpc) is 2.35. The van der Waals surface area contributed by atoms with Crippen LogP contribution in [0.4, 0.5) is 21.8 Å². The topological polar surface area (TPSA) is 75.9 Å². The summed E-state index contributed by atoms with van der Waals surface area (Å²) in [5.74, 6) is 5.24. The molecule has 0 amide bonds. The minimum atomic E-state index is -0.399. The van der Waals surface area contributed by atoms with Gasteiger partial charge in [0.15, 0.2) is 5.82 Å². The highest BCUT2D eigenvalue weighted by atomic mass is 35.5. The molecule has 1 aromatic heterocycles. The van der Waals surface area contributed by atoms with E-state index in [0.717, 1.165) is 0 Å². The molecule has 2 rings (SSSR count). The third-order valence-corrected chi connectivity index (χ3v) is 2.28. The van der Waals surface area contributed by atoms with Crippen molar-refractivity contribution in [2.75, 3.05) is 10.7 Å². The van der Waals surface area contributed by atoms with E-state index in [0.29, 0.717) is 0 Å². The summed E-state index contributed by atoms with van der Waals surface area (Å²) in [4.78, 5) is 7.78. The lowest BCUT2D eigenvalue weighted by Gasteiger charge is -2.08. The molecule has 1 aromatic carbocycles. The van der Waals surface area contributed by atoms with Crippen molar-refractivity contribution in [2.45, 2.75) is 0 Å². The lowest BCUT2D eigenvalue weighted by molar-refractivity contribution is 0.632. The summed E-state index contributed by atoms with van der Waals surface area (Å²) < 4.78 is 13.4. The van der Waals surface area contributed by atoms with Gasteiger partial charge in [-0.15, -0.1) is 0 Å². The minimum absolute atomic E-state index is 0.188. The number of aromatic nitrogens is 2. The van der Waals surface area contributed by atoms with E-state index in [2.05, 4.69) is 20.7 Å². The van der Waals surface area contributed by atoms with Gasteiger partial charge in [0.1, 0.15) is 10.8 Å². The van der Waals surface area contributed by atoms with E-state index in [1.165, 1.54) is 12.3 Å². The van der Waals surface area contributed by atoms with E-state index in [4.69, 9.17) is 17.4 Å². The number of hydrogen-bond acceptors (Lipinski definition) is 5. The van der Waals surface area contributed by atoms with Crippen molar-refractivity contribution in [3.8, 4) is 0 Å². The standard InChI is InChI=1S/C10H9ClFN5/c11-6-5-14-10(17-13)16-9(6)15-8-4-2-1-3-7(8)12/h1-5H,13H2,(H2,14,15,16,17). The molecule has 0 saturated carbocycles. The molecule has 4 N–H and O–H groups in total. The van der Waals surface area contributed by atoms with Gasteiger partial charge in [-0.3, -0.25) is 5.43 Å². The quantitative estimate of drug-likeness (QED) is 0.578. The number of nitrogens with two attached hydrogens (primary N) is 1. The van der Waals surface area contributed by atoms with Crippen LogP contribution in [0.5, 0.6) is 0 Å². The zero-order chi connectivity index (χ0) is 12.3. The molecule has 0 fully saturated rings. The Labute approximate surface area is 102 Å².